The van der Waals surface area contributed by atoms with Crippen molar-refractivity contribution in [1.82, 2.24) is 5.32 Å². The summed E-state index contributed by atoms with van der Waals surface area (Å²) < 4.78 is 5.49. The van der Waals surface area contributed by atoms with Crippen molar-refractivity contribution in [2.24, 2.45) is 0 Å². The van der Waals surface area contributed by atoms with Gasteiger partial charge in [0.2, 0.25) is 5.91 Å². The van der Waals surface area contributed by atoms with Gasteiger partial charge in [-0.1, -0.05) is 43.2 Å². The number of benzene rings is 1. The van der Waals surface area contributed by atoms with Crippen molar-refractivity contribution >= 4 is 11.9 Å². The molecule has 2 N–H and O–H groups in total. The number of carboxylic acids is 1. The summed E-state index contributed by atoms with van der Waals surface area (Å²) in [7, 11) is 0. The van der Waals surface area contributed by atoms with Gasteiger partial charge in [-0.3, -0.25) is 4.79 Å². The van der Waals surface area contributed by atoms with E-state index in [1.807, 2.05) is 30.3 Å². The van der Waals surface area contributed by atoms with E-state index >= 15 is 0 Å². The fourth-order valence-electron chi connectivity index (χ4n) is 2.53. The molecule has 1 atom stereocenters. The Bertz CT molecular complexity index is 468. The topological polar surface area (TPSA) is 75.6 Å². The quantitative estimate of drug-likeness (QED) is 0.802. The summed E-state index contributed by atoms with van der Waals surface area (Å²) in [4.78, 5) is 23.0. The van der Waals surface area contributed by atoms with Crippen molar-refractivity contribution < 1.29 is 19.4 Å². The van der Waals surface area contributed by atoms with E-state index in [9.17, 15) is 14.7 Å². The number of rotatable bonds is 7. The van der Waals surface area contributed by atoms with Crippen LogP contribution in [0.5, 0.6) is 0 Å². The number of amides is 1. The molecule has 0 bridgehead atoms. The first-order valence-corrected chi connectivity index (χ1v) is 7.33. The lowest BCUT2D eigenvalue weighted by Gasteiger charge is -2.16. The molecule has 0 aromatic heterocycles. The highest BCUT2D eigenvalue weighted by molar-refractivity contribution is 5.84. The van der Waals surface area contributed by atoms with Crippen LogP contribution in [0.25, 0.3) is 0 Å². The Morgan fingerprint density at radius 1 is 1.24 bits per heavy atom. The third-order valence-corrected chi connectivity index (χ3v) is 3.67. The molecule has 1 amide bonds. The molecule has 1 aromatic carbocycles. The molecule has 0 radical (unpaired) electrons. The van der Waals surface area contributed by atoms with Crippen LogP contribution in [-0.4, -0.2) is 35.7 Å². The number of aliphatic carboxylic acids is 1. The Morgan fingerprint density at radius 2 is 1.90 bits per heavy atom. The first-order chi connectivity index (χ1) is 10.1. The van der Waals surface area contributed by atoms with Gasteiger partial charge >= 0.3 is 5.97 Å². The molecule has 1 fully saturated rings. The maximum absolute atomic E-state index is 11.8. The molecule has 0 unspecified atom stereocenters. The van der Waals surface area contributed by atoms with Gasteiger partial charge in [-0.2, -0.15) is 0 Å². The summed E-state index contributed by atoms with van der Waals surface area (Å²) in [5, 5.41) is 11.7. The highest BCUT2D eigenvalue weighted by atomic mass is 16.5. The Kier molecular flexibility index (Phi) is 5.75. The molecule has 1 aliphatic rings. The van der Waals surface area contributed by atoms with E-state index in [1.165, 1.54) is 0 Å². The molecule has 1 aromatic rings. The van der Waals surface area contributed by atoms with E-state index in [4.69, 9.17) is 4.74 Å². The van der Waals surface area contributed by atoms with E-state index in [0.717, 1.165) is 31.2 Å². The standard InChI is InChI=1S/C16H21NO4/c18-15(11-21-13-8-4-5-9-13)17-14(16(19)20)10-12-6-2-1-3-7-12/h1-3,6-7,13-14H,4-5,8-11H2,(H,17,18)(H,19,20)/t14-/m0/s1. The Morgan fingerprint density at radius 3 is 2.52 bits per heavy atom. The van der Waals surface area contributed by atoms with Gasteiger partial charge in [-0.05, 0) is 18.4 Å². The first kappa shape index (κ1) is 15.5. The van der Waals surface area contributed by atoms with Crippen molar-refractivity contribution in [3.8, 4) is 0 Å². The largest absolute Gasteiger partial charge is 0.480 e. The van der Waals surface area contributed by atoms with Crippen LogP contribution in [0.4, 0.5) is 0 Å². The van der Waals surface area contributed by atoms with Crippen molar-refractivity contribution in [3.63, 3.8) is 0 Å². The predicted molar refractivity (Wildman–Crippen MR) is 77.9 cm³/mol. The van der Waals surface area contributed by atoms with Crippen molar-refractivity contribution in [2.45, 2.75) is 44.2 Å². The van der Waals surface area contributed by atoms with E-state index < -0.39 is 12.0 Å². The predicted octanol–water partition coefficient (Wildman–Crippen LogP) is 1.76. The van der Waals surface area contributed by atoms with Crippen LogP contribution in [0.1, 0.15) is 31.2 Å². The second-order valence-corrected chi connectivity index (χ2v) is 5.37. The zero-order valence-corrected chi connectivity index (χ0v) is 12.0. The third kappa shape index (κ3) is 5.19. The van der Waals surface area contributed by atoms with Crippen LogP contribution in [-0.2, 0) is 20.7 Å². The van der Waals surface area contributed by atoms with Crippen LogP contribution < -0.4 is 5.32 Å². The smallest absolute Gasteiger partial charge is 0.326 e. The SMILES string of the molecule is O=C(COC1CCCC1)N[C@@H](Cc1ccccc1)C(=O)O. The molecule has 0 spiro atoms. The molecule has 21 heavy (non-hydrogen) atoms. The zero-order chi connectivity index (χ0) is 15.1. The first-order valence-electron chi connectivity index (χ1n) is 7.33. The lowest BCUT2D eigenvalue weighted by atomic mass is 10.1. The Hall–Kier alpha value is -1.88. The van der Waals surface area contributed by atoms with Crippen molar-refractivity contribution in [2.75, 3.05) is 6.61 Å². The minimum Gasteiger partial charge on any atom is -0.480 e. The van der Waals surface area contributed by atoms with Crippen molar-refractivity contribution in [3.05, 3.63) is 35.9 Å². The number of carbonyl (C=O) groups excluding carboxylic acids is 1. The average molecular weight is 291 g/mol. The van der Waals surface area contributed by atoms with Gasteiger partial charge in [-0.15, -0.1) is 0 Å². The van der Waals surface area contributed by atoms with Gasteiger partial charge in [0.25, 0.3) is 0 Å². The lowest BCUT2D eigenvalue weighted by Crippen LogP contribution is -2.44. The summed E-state index contributed by atoms with van der Waals surface area (Å²) in [5.41, 5.74) is 0.877. The van der Waals surface area contributed by atoms with Gasteiger partial charge in [-0.25, -0.2) is 4.79 Å². The molecule has 2 rings (SSSR count). The van der Waals surface area contributed by atoms with Gasteiger partial charge < -0.3 is 15.2 Å². The number of hydrogen-bond acceptors (Lipinski definition) is 3. The van der Waals surface area contributed by atoms with Gasteiger partial charge in [0.15, 0.2) is 0 Å². The summed E-state index contributed by atoms with van der Waals surface area (Å²) in [6, 6.07) is 8.33. The minimum absolute atomic E-state index is 0.0662. The molecule has 5 heteroatoms. The molecular weight excluding hydrogens is 270 g/mol. The molecule has 1 saturated carbocycles. The van der Waals surface area contributed by atoms with Gasteiger partial charge in [0, 0.05) is 6.42 Å². The summed E-state index contributed by atoms with van der Waals surface area (Å²) >= 11 is 0. The van der Waals surface area contributed by atoms with Gasteiger partial charge in [0.05, 0.1) is 6.10 Å². The molecule has 0 aliphatic heterocycles. The van der Waals surface area contributed by atoms with E-state index in [0.29, 0.717) is 0 Å². The third-order valence-electron chi connectivity index (χ3n) is 3.67. The Labute approximate surface area is 124 Å². The fraction of sp³-hybridized carbons (Fsp3) is 0.500. The lowest BCUT2D eigenvalue weighted by molar-refractivity contribution is -0.142. The normalized spacial score (nSPS) is 16.6. The summed E-state index contributed by atoms with van der Waals surface area (Å²) in [5.74, 6) is -1.40. The van der Waals surface area contributed by atoms with Crippen LogP contribution in [0, 0.1) is 0 Å². The Balaban J connectivity index is 1.81. The highest BCUT2D eigenvalue weighted by Crippen LogP contribution is 2.20. The van der Waals surface area contributed by atoms with E-state index in [-0.39, 0.29) is 25.0 Å². The average Bonchev–Trinajstić information content (AvgIpc) is 2.99. The zero-order valence-electron chi connectivity index (χ0n) is 12.0. The van der Waals surface area contributed by atoms with Crippen LogP contribution in [0.15, 0.2) is 30.3 Å². The van der Waals surface area contributed by atoms with Crippen LogP contribution in [0.3, 0.4) is 0 Å². The molecule has 0 saturated heterocycles. The van der Waals surface area contributed by atoms with Crippen molar-refractivity contribution in [1.29, 1.82) is 0 Å². The van der Waals surface area contributed by atoms with Gasteiger partial charge in [0.1, 0.15) is 12.6 Å². The monoisotopic (exact) mass is 291 g/mol. The highest BCUT2D eigenvalue weighted by Gasteiger charge is 2.22. The molecular formula is C16H21NO4. The maximum atomic E-state index is 11.8. The molecule has 114 valence electrons. The molecule has 0 heterocycles. The number of ether oxygens (including phenoxy) is 1. The summed E-state index contributed by atoms with van der Waals surface area (Å²) in [6.45, 7) is -0.0662. The molecule has 5 nitrogen and oxygen atoms in total. The van der Waals surface area contributed by atoms with Crippen LogP contribution in [0.2, 0.25) is 0 Å². The second-order valence-electron chi connectivity index (χ2n) is 5.37. The van der Waals surface area contributed by atoms with E-state index in [1.54, 1.807) is 0 Å². The number of hydrogen-bond donors (Lipinski definition) is 2. The minimum atomic E-state index is -1.03. The number of carbonyl (C=O) groups is 2. The van der Waals surface area contributed by atoms with Crippen LogP contribution >= 0.6 is 0 Å². The second kappa shape index (κ2) is 7.78. The maximum Gasteiger partial charge on any atom is 0.326 e. The molecule has 1 aliphatic carbocycles. The fourth-order valence-corrected chi connectivity index (χ4v) is 2.53. The van der Waals surface area contributed by atoms with E-state index in [2.05, 4.69) is 5.32 Å². The number of carboxylic acid groups (broad SMARTS) is 1. The summed E-state index contributed by atoms with van der Waals surface area (Å²) in [6.07, 6.45) is 4.66. The number of nitrogens with one attached hydrogen (secondary N) is 1.